The van der Waals surface area contributed by atoms with Gasteiger partial charge in [0.25, 0.3) is 10.0 Å². The number of methoxy groups -OCH3 is 1. The Bertz CT molecular complexity index is 1190. The second-order valence-electron chi connectivity index (χ2n) is 7.38. The molecule has 3 rings (SSSR count). The van der Waals surface area contributed by atoms with Crippen LogP contribution in [0.25, 0.3) is 0 Å². The maximum Gasteiger partial charge on any atom is 0.264 e. The Balaban J connectivity index is 1.85. The highest BCUT2D eigenvalue weighted by atomic mass is 32.2. The quantitative estimate of drug-likeness (QED) is 0.557. The van der Waals surface area contributed by atoms with E-state index in [1.807, 2.05) is 6.92 Å². The monoisotopic (exact) mass is 456 g/mol. The van der Waals surface area contributed by atoms with E-state index < -0.39 is 22.5 Å². The maximum absolute atomic E-state index is 13.8. The number of ether oxygens (including phenoxy) is 1. The average Bonchev–Trinajstić information content (AvgIpc) is 2.78. The van der Waals surface area contributed by atoms with Crippen LogP contribution in [0.1, 0.15) is 16.7 Å². The first-order valence-corrected chi connectivity index (χ1v) is 11.4. The van der Waals surface area contributed by atoms with Crippen molar-refractivity contribution in [2.75, 3.05) is 18.0 Å². The molecule has 6 nitrogen and oxygen atoms in total. The van der Waals surface area contributed by atoms with Crippen LogP contribution in [-0.4, -0.2) is 28.0 Å². The van der Waals surface area contributed by atoms with Gasteiger partial charge in [0, 0.05) is 6.54 Å². The number of sulfonamides is 1. The van der Waals surface area contributed by atoms with E-state index in [4.69, 9.17) is 4.74 Å². The molecule has 0 heterocycles. The van der Waals surface area contributed by atoms with E-state index in [1.165, 1.54) is 25.3 Å². The summed E-state index contributed by atoms with van der Waals surface area (Å²) in [5.41, 5.74) is 2.33. The number of halogens is 1. The Hall–Kier alpha value is -3.39. The van der Waals surface area contributed by atoms with Crippen LogP contribution in [0.4, 0.5) is 10.1 Å². The third-order valence-electron chi connectivity index (χ3n) is 4.98. The van der Waals surface area contributed by atoms with Crippen LogP contribution in [-0.2, 0) is 21.4 Å². The van der Waals surface area contributed by atoms with Crippen LogP contribution in [0.5, 0.6) is 5.75 Å². The SMILES string of the molecule is COc1ccc(N(CC(=O)NCc2ccc(C)c(F)c2)S(=O)(=O)c2ccc(C)cc2)cc1. The van der Waals surface area contributed by atoms with Crippen LogP contribution in [0.3, 0.4) is 0 Å². The first-order valence-electron chi connectivity index (χ1n) is 9.96. The fraction of sp³-hybridized carbons (Fsp3) is 0.208. The van der Waals surface area contributed by atoms with Crippen molar-refractivity contribution in [3.05, 3.63) is 89.2 Å². The van der Waals surface area contributed by atoms with Gasteiger partial charge in [0.05, 0.1) is 17.7 Å². The number of rotatable bonds is 8. The van der Waals surface area contributed by atoms with E-state index in [-0.39, 0.29) is 17.3 Å². The number of carbonyl (C=O) groups is 1. The van der Waals surface area contributed by atoms with Crippen molar-refractivity contribution in [1.29, 1.82) is 0 Å². The number of nitrogens with one attached hydrogen (secondary N) is 1. The Morgan fingerprint density at radius 2 is 1.66 bits per heavy atom. The minimum absolute atomic E-state index is 0.0762. The van der Waals surface area contributed by atoms with E-state index in [9.17, 15) is 17.6 Å². The number of hydrogen-bond donors (Lipinski definition) is 1. The number of hydrogen-bond acceptors (Lipinski definition) is 4. The van der Waals surface area contributed by atoms with E-state index >= 15 is 0 Å². The predicted molar refractivity (Wildman–Crippen MR) is 122 cm³/mol. The highest BCUT2D eigenvalue weighted by molar-refractivity contribution is 7.92. The molecule has 0 fully saturated rings. The molecule has 0 radical (unpaired) electrons. The first-order chi connectivity index (χ1) is 15.2. The van der Waals surface area contributed by atoms with Gasteiger partial charge < -0.3 is 10.1 Å². The molecular formula is C24H25FN2O4S. The summed E-state index contributed by atoms with van der Waals surface area (Å²) in [6, 6.07) is 17.5. The molecule has 3 aromatic carbocycles. The van der Waals surface area contributed by atoms with Gasteiger partial charge in [0.2, 0.25) is 5.91 Å². The van der Waals surface area contributed by atoms with Crippen LogP contribution in [0, 0.1) is 19.7 Å². The van der Waals surface area contributed by atoms with Gasteiger partial charge in [0.15, 0.2) is 0 Å². The molecule has 0 aliphatic carbocycles. The maximum atomic E-state index is 13.8. The fourth-order valence-corrected chi connectivity index (χ4v) is 4.46. The van der Waals surface area contributed by atoms with Crippen molar-refractivity contribution in [2.24, 2.45) is 0 Å². The molecule has 0 atom stereocenters. The van der Waals surface area contributed by atoms with Gasteiger partial charge in [-0.2, -0.15) is 0 Å². The summed E-state index contributed by atoms with van der Waals surface area (Å²) >= 11 is 0. The summed E-state index contributed by atoms with van der Waals surface area (Å²) in [5, 5.41) is 2.66. The fourth-order valence-electron chi connectivity index (χ4n) is 3.03. The molecule has 0 aromatic heterocycles. The number of carbonyl (C=O) groups excluding carboxylic acids is 1. The van der Waals surface area contributed by atoms with E-state index in [0.717, 1.165) is 9.87 Å². The van der Waals surface area contributed by atoms with Crippen LogP contribution in [0.15, 0.2) is 71.6 Å². The molecule has 1 N–H and O–H groups in total. The second-order valence-corrected chi connectivity index (χ2v) is 9.25. The van der Waals surface area contributed by atoms with Gasteiger partial charge >= 0.3 is 0 Å². The van der Waals surface area contributed by atoms with Crippen molar-refractivity contribution in [2.45, 2.75) is 25.3 Å². The summed E-state index contributed by atoms with van der Waals surface area (Å²) in [6.07, 6.45) is 0. The average molecular weight is 457 g/mol. The van der Waals surface area contributed by atoms with Gasteiger partial charge in [-0.1, -0.05) is 29.8 Å². The summed E-state index contributed by atoms with van der Waals surface area (Å²) in [5.74, 6) is -0.316. The number of amides is 1. The molecule has 0 aliphatic heterocycles. The predicted octanol–water partition coefficient (Wildman–Crippen LogP) is 3.96. The lowest BCUT2D eigenvalue weighted by atomic mass is 10.1. The zero-order valence-electron chi connectivity index (χ0n) is 18.1. The Morgan fingerprint density at radius 1 is 1.00 bits per heavy atom. The van der Waals surface area contributed by atoms with Crippen molar-refractivity contribution in [1.82, 2.24) is 5.32 Å². The van der Waals surface area contributed by atoms with Crippen LogP contribution >= 0.6 is 0 Å². The molecule has 0 aliphatic rings. The minimum Gasteiger partial charge on any atom is -0.497 e. The zero-order valence-corrected chi connectivity index (χ0v) is 18.9. The highest BCUT2D eigenvalue weighted by Crippen LogP contribution is 2.26. The van der Waals surface area contributed by atoms with Gasteiger partial charge in [-0.25, -0.2) is 12.8 Å². The normalized spacial score (nSPS) is 11.1. The summed E-state index contributed by atoms with van der Waals surface area (Å²) < 4.78 is 46.7. The Morgan fingerprint density at radius 3 is 2.25 bits per heavy atom. The lowest BCUT2D eigenvalue weighted by Gasteiger charge is -2.24. The van der Waals surface area contributed by atoms with Gasteiger partial charge in [-0.05, 0) is 67.4 Å². The molecule has 0 unspecified atom stereocenters. The largest absolute Gasteiger partial charge is 0.497 e. The molecule has 0 bridgehead atoms. The smallest absolute Gasteiger partial charge is 0.264 e. The Kier molecular flexibility index (Phi) is 7.15. The second kappa shape index (κ2) is 9.82. The van der Waals surface area contributed by atoms with Crippen molar-refractivity contribution in [3.8, 4) is 5.75 Å². The lowest BCUT2D eigenvalue weighted by Crippen LogP contribution is -2.40. The van der Waals surface area contributed by atoms with Crippen LogP contribution in [0.2, 0.25) is 0 Å². The van der Waals surface area contributed by atoms with Crippen molar-refractivity contribution in [3.63, 3.8) is 0 Å². The molecule has 0 saturated carbocycles. The molecule has 168 valence electrons. The third kappa shape index (κ3) is 5.45. The molecule has 32 heavy (non-hydrogen) atoms. The summed E-state index contributed by atoms with van der Waals surface area (Å²) in [4.78, 5) is 12.7. The molecule has 8 heteroatoms. The number of benzene rings is 3. The first kappa shape index (κ1) is 23.3. The minimum atomic E-state index is -4.01. The molecule has 1 amide bonds. The third-order valence-corrected chi connectivity index (χ3v) is 6.77. The van der Waals surface area contributed by atoms with Gasteiger partial charge in [-0.3, -0.25) is 9.10 Å². The summed E-state index contributed by atoms with van der Waals surface area (Å²) in [7, 11) is -2.50. The highest BCUT2D eigenvalue weighted by Gasteiger charge is 2.27. The van der Waals surface area contributed by atoms with Crippen molar-refractivity contribution < 1.29 is 22.3 Å². The zero-order chi connectivity index (χ0) is 23.3. The van der Waals surface area contributed by atoms with E-state index in [0.29, 0.717) is 22.6 Å². The Labute approximate surface area is 187 Å². The molecule has 0 spiro atoms. The van der Waals surface area contributed by atoms with Crippen molar-refractivity contribution >= 4 is 21.6 Å². The lowest BCUT2D eigenvalue weighted by molar-refractivity contribution is -0.119. The number of anilines is 1. The summed E-state index contributed by atoms with van der Waals surface area (Å²) in [6.45, 7) is 3.16. The van der Waals surface area contributed by atoms with Crippen LogP contribution < -0.4 is 14.4 Å². The van der Waals surface area contributed by atoms with Gasteiger partial charge in [0.1, 0.15) is 18.1 Å². The standard InChI is InChI=1S/C24H25FN2O4S/c1-17-4-12-22(13-5-17)32(29,30)27(20-8-10-21(31-3)11-9-20)16-24(28)26-15-19-7-6-18(2)23(25)14-19/h4-14H,15-16H2,1-3H3,(H,26,28). The van der Waals surface area contributed by atoms with Gasteiger partial charge in [-0.15, -0.1) is 0 Å². The molecule has 0 saturated heterocycles. The number of aryl methyl sites for hydroxylation is 2. The van der Waals surface area contributed by atoms with E-state index in [2.05, 4.69) is 5.32 Å². The molecular weight excluding hydrogens is 431 g/mol. The topological polar surface area (TPSA) is 75.7 Å². The number of nitrogens with zero attached hydrogens (tertiary/aromatic N) is 1. The van der Waals surface area contributed by atoms with E-state index in [1.54, 1.807) is 55.5 Å². The molecule has 3 aromatic rings.